The third kappa shape index (κ3) is 4.15. The molecule has 5 heteroatoms. The van der Waals surface area contributed by atoms with Gasteiger partial charge in [0.15, 0.2) is 0 Å². The Bertz CT molecular complexity index is 613. The topological polar surface area (TPSA) is 56.8 Å². The van der Waals surface area contributed by atoms with Crippen LogP contribution in [0.5, 0.6) is 17.2 Å². The maximum atomic E-state index is 12.1. The number of carbonyl (C=O) groups is 1. The van der Waals surface area contributed by atoms with Gasteiger partial charge in [-0.05, 0) is 24.3 Å². The van der Waals surface area contributed by atoms with Gasteiger partial charge >= 0.3 is 0 Å². The van der Waals surface area contributed by atoms with E-state index in [1.54, 1.807) is 25.3 Å². The minimum absolute atomic E-state index is 0.212. The van der Waals surface area contributed by atoms with Crippen LogP contribution in [-0.4, -0.2) is 33.3 Å². The summed E-state index contributed by atoms with van der Waals surface area (Å²) in [7, 11) is 3.08. The fourth-order valence-electron chi connectivity index (χ4n) is 1.93. The molecule has 0 saturated heterocycles. The highest BCUT2D eigenvalue weighted by Crippen LogP contribution is 2.24. The van der Waals surface area contributed by atoms with E-state index in [4.69, 9.17) is 14.2 Å². The summed E-state index contributed by atoms with van der Waals surface area (Å²) in [6, 6.07) is 14.5. The molecule has 2 aromatic carbocycles. The van der Waals surface area contributed by atoms with Crippen LogP contribution in [0.25, 0.3) is 0 Å². The monoisotopic (exact) mass is 301 g/mol. The molecule has 116 valence electrons. The van der Waals surface area contributed by atoms with Gasteiger partial charge in [0.1, 0.15) is 23.9 Å². The minimum Gasteiger partial charge on any atom is -0.497 e. The summed E-state index contributed by atoms with van der Waals surface area (Å²) in [6.07, 6.45) is 0. The van der Waals surface area contributed by atoms with E-state index in [1.165, 1.54) is 7.11 Å². The standard InChI is InChI=1S/C17H19NO4/c1-20-14-8-9-15(16(12-14)21-2)17(19)18-10-11-22-13-6-4-3-5-7-13/h3-9,12H,10-11H2,1-2H3,(H,18,19). The summed E-state index contributed by atoms with van der Waals surface area (Å²) in [6.45, 7) is 0.803. The van der Waals surface area contributed by atoms with Gasteiger partial charge in [0.05, 0.1) is 26.3 Å². The molecule has 0 atom stereocenters. The van der Waals surface area contributed by atoms with Crippen molar-refractivity contribution in [3.8, 4) is 17.2 Å². The highest BCUT2D eigenvalue weighted by molar-refractivity contribution is 5.97. The molecule has 0 aliphatic heterocycles. The molecule has 1 N–H and O–H groups in total. The SMILES string of the molecule is COc1ccc(C(=O)NCCOc2ccccc2)c(OC)c1. The molecule has 22 heavy (non-hydrogen) atoms. The molecule has 0 bridgehead atoms. The number of amides is 1. The lowest BCUT2D eigenvalue weighted by Crippen LogP contribution is -2.28. The lowest BCUT2D eigenvalue weighted by Gasteiger charge is -2.11. The predicted molar refractivity (Wildman–Crippen MR) is 83.8 cm³/mol. The fraction of sp³-hybridized carbons (Fsp3) is 0.235. The molecule has 0 fully saturated rings. The molecule has 0 heterocycles. The summed E-state index contributed by atoms with van der Waals surface area (Å²) in [4.78, 5) is 12.1. The van der Waals surface area contributed by atoms with Gasteiger partial charge in [0, 0.05) is 6.07 Å². The van der Waals surface area contributed by atoms with E-state index in [0.717, 1.165) is 5.75 Å². The number of nitrogens with one attached hydrogen (secondary N) is 1. The molecule has 0 spiro atoms. The van der Waals surface area contributed by atoms with Crippen LogP contribution >= 0.6 is 0 Å². The van der Waals surface area contributed by atoms with E-state index < -0.39 is 0 Å². The molecule has 0 aliphatic rings. The minimum atomic E-state index is -0.212. The molecule has 2 aromatic rings. The Labute approximate surface area is 129 Å². The van der Waals surface area contributed by atoms with E-state index >= 15 is 0 Å². The first kappa shape index (κ1) is 15.7. The Morgan fingerprint density at radius 1 is 1.00 bits per heavy atom. The Morgan fingerprint density at radius 2 is 1.77 bits per heavy atom. The number of rotatable bonds is 7. The second-order valence-corrected chi connectivity index (χ2v) is 4.48. The third-order valence-corrected chi connectivity index (χ3v) is 3.05. The molecule has 5 nitrogen and oxygen atoms in total. The van der Waals surface area contributed by atoms with E-state index in [0.29, 0.717) is 30.2 Å². The van der Waals surface area contributed by atoms with Crippen molar-refractivity contribution in [2.75, 3.05) is 27.4 Å². The molecule has 0 saturated carbocycles. The first-order valence-corrected chi connectivity index (χ1v) is 6.92. The lowest BCUT2D eigenvalue weighted by molar-refractivity contribution is 0.0944. The molecule has 2 rings (SSSR count). The Balaban J connectivity index is 1.87. The van der Waals surface area contributed by atoms with Gasteiger partial charge in [0.2, 0.25) is 0 Å². The molecule has 0 unspecified atom stereocenters. The zero-order chi connectivity index (χ0) is 15.8. The van der Waals surface area contributed by atoms with Crippen LogP contribution in [0.15, 0.2) is 48.5 Å². The van der Waals surface area contributed by atoms with Crippen molar-refractivity contribution in [2.45, 2.75) is 0 Å². The Hall–Kier alpha value is -2.69. The van der Waals surface area contributed by atoms with Gasteiger partial charge in [-0.2, -0.15) is 0 Å². The summed E-state index contributed by atoms with van der Waals surface area (Å²) >= 11 is 0. The maximum absolute atomic E-state index is 12.1. The van der Waals surface area contributed by atoms with E-state index in [1.807, 2.05) is 30.3 Å². The van der Waals surface area contributed by atoms with Crippen LogP contribution in [0, 0.1) is 0 Å². The lowest BCUT2D eigenvalue weighted by atomic mass is 10.1. The highest BCUT2D eigenvalue weighted by Gasteiger charge is 2.12. The van der Waals surface area contributed by atoms with Crippen molar-refractivity contribution in [3.05, 3.63) is 54.1 Å². The second-order valence-electron chi connectivity index (χ2n) is 4.48. The zero-order valence-corrected chi connectivity index (χ0v) is 12.7. The number of para-hydroxylation sites is 1. The van der Waals surface area contributed by atoms with Gasteiger partial charge in [-0.15, -0.1) is 0 Å². The van der Waals surface area contributed by atoms with Crippen molar-refractivity contribution < 1.29 is 19.0 Å². The summed E-state index contributed by atoms with van der Waals surface area (Å²) in [5.74, 6) is 1.68. The number of hydrogen-bond acceptors (Lipinski definition) is 4. The Morgan fingerprint density at radius 3 is 2.45 bits per heavy atom. The molecular formula is C17H19NO4. The quantitative estimate of drug-likeness (QED) is 0.798. The average molecular weight is 301 g/mol. The fourth-order valence-corrected chi connectivity index (χ4v) is 1.93. The number of methoxy groups -OCH3 is 2. The molecule has 0 aromatic heterocycles. The van der Waals surface area contributed by atoms with Gasteiger partial charge < -0.3 is 19.5 Å². The van der Waals surface area contributed by atoms with Crippen molar-refractivity contribution in [1.82, 2.24) is 5.32 Å². The van der Waals surface area contributed by atoms with E-state index in [-0.39, 0.29) is 5.91 Å². The van der Waals surface area contributed by atoms with Crippen LogP contribution in [0.1, 0.15) is 10.4 Å². The third-order valence-electron chi connectivity index (χ3n) is 3.05. The maximum Gasteiger partial charge on any atom is 0.255 e. The van der Waals surface area contributed by atoms with E-state index in [2.05, 4.69) is 5.32 Å². The number of ether oxygens (including phenoxy) is 3. The van der Waals surface area contributed by atoms with E-state index in [9.17, 15) is 4.79 Å². The second kappa shape index (κ2) is 7.93. The van der Waals surface area contributed by atoms with Crippen LogP contribution in [0.3, 0.4) is 0 Å². The number of carbonyl (C=O) groups excluding carboxylic acids is 1. The first-order valence-electron chi connectivity index (χ1n) is 6.92. The first-order chi connectivity index (χ1) is 10.7. The summed E-state index contributed by atoms with van der Waals surface area (Å²) in [5, 5.41) is 2.80. The van der Waals surface area contributed by atoms with Crippen molar-refractivity contribution in [1.29, 1.82) is 0 Å². The van der Waals surface area contributed by atoms with Gasteiger partial charge in [0.25, 0.3) is 5.91 Å². The zero-order valence-electron chi connectivity index (χ0n) is 12.7. The average Bonchev–Trinajstić information content (AvgIpc) is 2.58. The highest BCUT2D eigenvalue weighted by atomic mass is 16.5. The largest absolute Gasteiger partial charge is 0.497 e. The van der Waals surface area contributed by atoms with Gasteiger partial charge in [-0.1, -0.05) is 18.2 Å². The molecular weight excluding hydrogens is 282 g/mol. The smallest absolute Gasteiger partial charge is 0.255 e. The van der Waals surface area contributed by atoms with Crippen molar-refractivity contribution in [3.63, 3.8) is 0 Å². The van der Waals surface area contributed by atoms with Crippen LogP contribution in [0.2, 0.25) is 0 Å². The summed E-state index contributed by atoms with van der Waals surface area (Å²) in [5.41, 5.74) is 0.461. The molecule has 0 aliphatic carbocycles. The van der Waals surface area contributed by atoms with Crippen molar-refractivity contribution >= 4 is 5.91 Å². The van der Waals surface area contributed by atoms with Crippen LogP contribution in [-0.2, 0) is 0 Å². The molecule has 0 radical (unpaired) electrons. The Kier molecular flexibility index (Phi) is 5.65. The number of benzene rings is 2. The van der Waals surface area contributed by atoms with Crippen LogP contribution in [0.4, 0.5) is 0 Å². The normalized spacial score (nSPS) is 9.91. The van der Waals surface area contributed by atoms with Crippen LogP contribution < -0.4 is 19.5 Å². The van der Waals surface area contributed by atoms with Gasteiger partial charge in [-0.25, -0.2) is 0 Å². The summed E-state index contributed by atoms with van der Waals surface area (Å²) < 4.78 is 15.8. The van der Waals surface area contributed by atoms with Gasteiger partial charge in [-0.3, -0.25) is 4.79 Å². The molecule has 1 amide bonds. The van der Waals surface area contributed by atoms with Crippen molar-refractivity contribution in [2.24, 2.45) is 0 Å². The number of hydrogen-bond donors (Lipinski definition) is 1. The predicted octanol–water partition coefficient (Wildman–Crippen LogP) is 2.51.